The first-order valence-corrected chi connectivity index (χ1v) is 6.16. The molecule has 5 heteroatoms. The van der Waals surface area contributed by atoms with Gasteiger partial charge in [-0.15, -0.1) is 0 Å². The molecule has 0 bridgehead atoms. The lowest BCUT2D eigenvalue weighted by atomic mass is 9.97. The largest absolute Gasteiger partial charge is 0.489 e. The van der Waals surface area contributed by atoms with Crippen molar-refractivity contribution >= 4 is 12.1 Å². The Morgan fingerprint density at radius 3 is 2.68 bits per heavy atom. The molecular formula is C14H18N2O3. The molecule has 0 saturated heterocycles. The lowest BCUT2D eigenvalue weighted by Crippen LogP contribution is -2.26. The van der Waals surface area contributed by atoms with Crippen LogP contribution >= 0.6 is 0 Å². The van der Waals surface area contributed by atoms with Gasteiger partial charge in [-0.25, -0.2) is 5.43 Å². The predicted molar refractivity (Wildman–Crippen MR) is 72.6 cm³/mol. The summed E-state index contributed by atoms with van der Waals surface area (Å²) in [5.74, 6) is 1.24. The Morgan fingerprint density at radius 1 is 1.32 bits per heavy atom. The van der Waals surface area contributed by atoms with Gasteiger partial charge in [-0.1, -0.05) is 13.8 Å². The van der Waals surface area contributed by atoms with E-state index < -0.39 is 0 Å². The summed E-state index contributed by atoms with van der Waals surface area (Å²) < 4.78 is 11.5. The number of amides is 1. The van der Waals surface area contributed by atoms with Crippen molar-refractivity contribution in [2.45, 2.75) is 20.8 Å². The number of rotatable bonds is 2. The molecule has 1 N–H and O–H groups in total. The fourth-order valence-electron chi connectivity index (χ4n) is 1.62. The van der Waals surface area contributed by atoms with Gasteiger partial charge in [0.2, 0.25) is 5.91 Å². The summed E-state index contributed by atoms with van der Waals surface area (Å²) >= 11 is 0. The predicted octanol–water partition coefficient (Wildman–Crippen LogP) is 1.95. The zero-order chi connectivity index (χ0) is 13.9. The molecule has 0 unspecified atom stereocenters. The van der Waals surface area contributed by atoms with Gasteiger partial charge in [-0.3, -0.25) is 4.79 Å². The van der Waals surface area contributed by atoms with Crippen LogP contribution in [-0.4, -0.2) is 25.3 Å². The van der Waals surface area contributed by atoms with E-state index in [-0.39, 0.29) is 11.3 Å². The molecule has 1 aliphatic rings. The first-order chi connectivity index (χ1) is 8.96. The summed E-state index contributed by atoms with van der Waals surface area (Å²) in [7, 11) is 0. The summed E-state index contributed by atoms with van der Waals surface area (Å²) in [4.78, 5) is 10.7. The van der Waals surface area contributed by atoms with Crippen molar-refractivity contribution in [3.8, 4) is 11.5 Å². The summed E-state index contributed by atoms with van der Waals surface area (Å²) in [6.45, 7) is 6.83. The summed E-state index contributed by atoms with van der Waals surface area (Å²) in [6, 6.07) is 5.57. The van der Waals surface area contributed by atoms with E-state index in [2.05, 4.69) is 24.4 Å². The third kappa shape index (κ3) is 3.71. The van der Waals surface area contributed by atoms with Crippen LogP contribution in [0.1, 0.15) is 26.3 Å². The van der Waals surface area contributed by atoms with E-state index in [0.29, 0.717) is 19.0 Å². The van der Waals surface area contributed by atoms with E-state index in [9.17, 15) is 4.79 Å². The number of carbonyl (C=O) groups excluding carboxylic acids is 1. The first-order valence-electron chi connectivity index (χ1n) is 6.16. The maximum absolute atomic E-state index is 10.7. The van der Waals surface area contributed by atoms with Crippen molar-refractivity contribution in [1.29, 1.82) is 0 Å². The number of nitrogens with zero attached hydrogens (tertiary/aromatic N) is 1. The SMILES string of the molecule is CC(=O)N/N=C/c1ccc2c(c1)OCC(C)(C)CO2. The second-order valence-corrected chi connectivity index (χ2v) is 5.37. The van der Waals surface area contributed by atoms with E-state index in [4.69, 9.17) is 9.47 Å². The van der Waals surface area contributed by atoms with Crippen molar-refractivity contribution in [3.05, 3.63) is 23.8 Å². The van der Waals surface area contributed by atoms with Crippen LogP contribution in [0.3, 0.4) is 0 Å². The second-order valence-electron chi connectivity index (χ2n) is 5.37. The quantitative estimate of drug-likeness (QED) is 0.654. The van der Waals surface area contributed by atoms with Crippen LogP contribution in [0.2, 0.25) is 0 Å². The highest BCUT2D eigenvalue weighted by Gasteiger charge is 2.25. The third-order valence-corrected chi connectivity index (χ3v) is 2.64. The Labute approximate surface area is 112 Å². The molecule has 5 nitrogen and oxygen atoms in total. The molecular weight excluding hydrogens is 244 g/mol. The van der Waals surface area contributed by atoms with Gasteiger partial charge in [0.15, 0.2) is 11.5 Å². The van der Waals surface area contributed by atoms with Gasteiger partial charge in [0.05, 0.1) is 19.4 Å². The molecule has 0 aliphatic carbocycles. The van der Waals surface area contributed by atoms with Crippen LogP contribution in [0.5, 0.6) is 11.5 Å². The van der Waals surface area contributed by atoms with Crippen LogP contribution in [-0.2, 0) is 4.79 Å². The van der Waals surface area contributed by atoms with Crippen LogP contribution in [0.15, 0.2) is 23.3 Å². The Morgan fingerprint density at radius 2 is 2.00 bits per heavy atom. The normalized spacial score (nSPS) is 17.0. The molecule has 1 aliphatic heterocycles. The molecule has 0 aromatic heterocycles. The molecule has 102 valence electrons. The first kappa shape index (κ1) is 13.4. The van der Waals surface area contributed by atoms with E-state index in [1.165, 1.54) is 6.92 Å². The average Bonchev–Trinajstić information content (AvgIpc) is 2.48. The van der Waals surface area contributed by atoms with Crippen LogP contribution in [0.4, 0.5) is 0 Å². The minimum Gasteiger partial charge on any atom is -0.489 e. The summed E-state index contributed by atoms with van der Waals surface area (Å²) in [5, 5.41) is 3.82. The fraction of sp³-hybridized carbons (Fsp3) is 0.429. The topological polar surface area (TPSA) is 59.9 Å². The Balaban J connectivity index is 2.14. The number of hydrogen-bond donors (Lipinski definition) is 1. The minimum absolute atomic E-state index is 0.0105. The molecule has 0 spiro atoms. The Kier molecular flexibility index (Phi) is 3.74. The molecule has 0 saturated carbocycles. The van der Waals surface area contributed by atoms with E-state index in [1.807, 2.05) is 18.2 Å². The highest BCUT2D eigenvalue weighted by Crippen LogP contribution is 2.33. The highest BCUT2D eigenvalue weighted by molar-refractivity contribution is 5.82. The molecule has 1 aromatic carbocycles. The number of hydrazone groups is 1. The van der Waals surface area contributed by atoms with Gasteiger partial charge in [0, 0.05) is 12.3 Å². The molecule has 1 aromatic rings. The van der Waals surface area contributed by atoms with Crippen molar-refractivity contribution in [3.63, 3.8) is 0 Å². The number of hydrogen-bond acceptors (Lipinski definition) is 4. The van der Waals surface area contributed by atoms with Crippen molar-refractivity contribution in [2.24, 2.45) is 10.5 Å². The van der Waals surface area contributed by atoms with Crippen molar-refractivity contribution < 1.29 is 14.3 Å². The molecule has 1 heterocycles. The summed E-state index contributed by atoms with van der Waals surface area (Å²) in [6.07, 6.45) is 1.57. The number of ether oxygens (including phenoxy) is 2. The van der Waals surface area contributed by atoms with Gasteiger partial charge in [-0.2, -0.15) is 5.10 Å². The third-order valence-electron chi connectivity index (χ3n) is 2.64. The van der Waals surface area contributed by atoms with Crippen LogP contribution in [0.25, 0.3) is 0 Å². The number of fused-ring (bicyclic) bond motifs is 1. The maximum Gasteiger partial charge on any atom is 0.236 e. The highest BCUT2D eigenvalue weighted by atomic mass is 16.5. The van der Waals surface area contributed by atoms with E-state index in [1.54, 1.807) is 6.21 Å². The van der Waals surface area contributed by atoms with Gasteiger partial charge >= 0.3 is 0 Å². The fourth-order valence-corrected chi connectivity index (χ4v) is 1.62. The number of benzene rings is 1. The van der Waals surface area contributed by atoms with Gasteiger partial charge < -0.3 is 9.47 Å². The lowest BCUT2D eigenvalue weighted by molar-refractivity contribution is -0.118. The number of carbonyl (C=O) groups is 1. The number of nitrogens with one attached hydrogen (secondary N) is 1. The molecule has 2 rings (SSSR count). The van der Waals surface area contributed by atoms with E-state index >= 15 is 0 Å². The molecule has 0 fully saturated rings. The molecule has 0 radical (unpaired) electrons. The molecule has 19 heavy (non-hydrogen) atoms. The minimum atomic E-state index is -0.202. The van der Waals surface area contributed by atoms with Gasteiger partial charge in [0.25, 0.3) is 0 Å². The smallest absolute Gasteiger partial charge is 0.236 e. The van der Waals surface area contributed by atoms with Crippen LogP contribution in [0, 0.1) is 5.41 Å². The Bertz CT molecular complexity index is 509. The van der Waals surface area contributed by atoms with Gasteiger partial charge in [0.1, 0.15) is 0 Å². The zero-order valence-corrected chi connectivity index (χ0v) is 11.4. The van der Waals surface area contributed by atoms with Gasteiger partial charge in [-0.05, 0) is 23.8 Å². The monoisotopic (exact) mass is 262 g/mol. The summed E-state index contributed by atoms with van der Waals surface area (Å²) in [5.41, 5.74) is 3.19. The van der Waals surface area contributed by atoms with Crippen molar-refractivity contribution in [1.82, 2.24) is 5.43 Å². The molecule has 0 atom stereocenters. The molecule has 1 amide bonds. The standard InChI is InChI=1S/C14H18N2O3/c1-10(17)16-15-7-11-4-5-12-13(6-11)19-9-14(2,3)8-18-12/h4-7H,8-9H2,1-3H3,(H,16,17)/b15-7+. The zero-order valence-electron chi connectivity index (χ0n) is 11.4. The van der Waals surface area contributed by atoms with Crippen molar-refractivity contribution in [2.75, 3.05) is 13.2 Å². The second kappa shape index (κ2) is 5.30. The van der Waals surface area contributed by atoms with E-state index in [0.717, 1.165) is 11.3 Å². The Hall–Kier alpha value is -2.04. The average molecular weight is 262 g/mol. The van der Waals surface area contributed by atoms with Crippen LogP contribution < -0.4 is 14.9 Å². The maximum atomic E-state index is 10.7. The lowest BCUT2D eigenvalue weighted by Gasteiger charge is -2.19.